The molecule has 0 fully saturated rings. The van der Waals surface area contributed by atoms with Crippen LogP contribution < -0.4 is 9.64 Å². The van der Waals surface area contributed by atoms with E-state index in [2.05, 4.69) is 182 Å². The lowest BCUT2D eigenvalue weighted by molar-refractivity contribution is 0.477. The molecule has 0 radical (unpaired) electrons. The van der Waals surface area contributed by atoms with E-state index in [0.29, 0.717) is 0 Å². The van der Waals surface area contributed by atoms with Gasteiger partial charge in [-0.3, -0.25) is 0 Å². The van der Waals surface area contributed by atoms with Crippen LogP contribution >= 0.6 is 0 Å². The minimum atomic E-state index is -0.282. The van der Waals surface area contributed by atoms with Crippen LogP contribution in [0.4, 0.5) is 17.1 Å². The lowest BCUT2D eigenvalue weighted by atomic mass is 9.74. The molecule has 2 nitrogen and oxygen atoms in total. The van der Waals surface area contributed by atoms with Gasteiger partial charge in [0.25, 0.3) is 0 Å². The molecule has 1 unspecified atom stereocenters. The molecule has 2 heteroatoms. The molecule has 218 valence electrons. The monoisotopic (exact) mass is 589 g/mol. The summed E-state index contributed by atoms with van der Waals surface area (Å²) in [7, 11) is 0. The van der Waals surface area contributed by atoms with Crippen molar-refractivity contribution in [1.82, 2.24) is 0 Å². The second-order valence-corrected chi connectivity index (χ2v) is 12.3. The molecule has 0 N–H and O–H groups in total. The number of benzene rings is 7. The smallest absolute Gasteiger partial charge is 0.152 e. The molecule has 7 aromatic rings. The molecule has 0 aromatic heterocycles. The molecule has 1 atom stereocenters. The van der Waals surface area contributed by atoms with Crippen LogP contribution in [0, 0.1) is 0 Å². The van der Waals surface area contributed by atoms with Crippen LogP contribution in [0.15, 0.2) is 170 Å². The Balaban J connectivity index is 1.29. The molecular weight excluding hydrogens is 558 g/mol. The number of hydrogen-bond donors (Lipinski definition) is 0. The van der Waals surface area contributed by atoms with E-state index >= 15 is 0 Å². The summed E-state index contributed by atoms with van der Waals surface area (Å²) in [4.78, 5) is 2.41. The van der Waals surface area contributed by atoms with Crippen LogP contribution in [-0.4, -0.2) is 0 Å². The third kappa shape index (κ3) is 3.97. The first-order chi connectivity index (χ1) is 22.7. The van der Waals surface area contributed by atoms with Gasteiger partial charge in [-0.05, 0) is 81.8 Å². The molecule has 1 aliphatic heterocycles. The van der Waals surface area contributed by atoms with E-state index in [4.69, 9.17) is 4.74 Å². The minimum absolute atomic E-state index is 0.282. The van der Waals surface area contributed by atoms with E-state index in [-0.39, 0.29) is 5.41 Å². The topological polar surface area (TPSA) is 12.5 Å². The highest BCUT2D eigenvalue weighted by Gasteiger charge is 2.43. The fourth-order valence-electron chi connectivity index (χ4n) is 7.48. The standard InChI is InChI=1S/C44H31NO/c1-44(34-18-9-4-10-19-34)36-21-12-11-20-35(36)43-37(44)22-13-23-40(43)45-38-26-24-32(30-14-5-2-6-15-30)28-41(38)46-42-29-33(25-27-39(42)45)31-16-7-3-8-17-31/h2-29H,1H3. The van der Waals surface area contributed by atoms with Crippen LogP contribution in [-0.2, 0) is 5.41 Å². The number of ether oxygens (including phenoxy) is 1. The number of anilines is 3. The van der Waals surface area contributed by atoms with Gasteiger partial charge >= 0.3 is 0 Å². The van der Waals surface area contributed by atoms with Gasteiger partial charge in [0.05, 0.1) is 17.1 Å². The molecule has 0 amide bonds. The van der Waals surface area contributed by atoms with Gasteiger partial charge in [0.2, 0.25) is 0 Å². The Morgan fingerprint density at radius 2 is 0.957 bits per heavy atom. The Kier molecular flexibility index (Phi) is 5.97. The first-order valence-corrected chi connectivity index (χ1v) is 15.9. The second kappa shape index (κ2) is 10.4. The maximum absolute atomic E-state index is 6.81. The summed E-state index contributed by atoms with van der Waals surface area (Å²) < 4.78 is 6.81. The van der Waals surface area contributed by atoms with Crippen molar-refractivity contribution in [2.75, 3.05) is 4.90 Å². The van der Waals surface area contributed by atoms with Gasteiger partial charge < -0.3 is 9.64 Å². The highest BCUT2D eigenvalue weighted by atomic mass is 16.5. The lowest BCUT2D eigenvalue weighted by Gasteiger charge is -2.35. The zero-order chi connectivity index (χ0) is 30.7. The summed E-state index contributed by atoms with van der Waals surface area (Å²) in [5.74, 6) is 1.68. The number of hydrogen-bond acceptors (Lipinski definition) is 2. The molecule has 0 bridgehead atoms. The average molecular weight is 590 g/mol. The SMILES string of the molecule is CC1(c2ccccc2)c2ccccc2-c2c(N3c4ccc(-c5ccccc5)cc4Oc4cc(-c5ccccc5)ccc43)cccc21. The van der Waals surface area contributed by atoms with Gasteiger partial charge in [0.1, 0.15) is 0 Å². The van der Waals surface area contributed by atoms with Gasteiger partial charge in [-0.2, -0.15) is 0 Å². The molecule has 0 saturated heterocycles. The summed E-state index contributed by atoms with van der Waals surface area (Å²) in [6.07, 6.45) is 0. The maximum atomic E-state index is 6.81. The van der Waals surface area contributed by atoms with Crippen molar-refractivity contribution in [3.05, 3.63) is 187 Å². The quantitative estimate of drug-likeness (QED) is 0.202. The molecule has 0 saturated carbocycles. The third-order valence-electron chi connectivity index (χ3n) is 9.74. The Labute approximate surface area is 269 Å². The zero-order valence-corrected chi connectivity index (χ0v) is 25.5. The first-order valence-electron chi connectivity index (χ1n) is 15.9. The van der Waals surface area contributed by atoms with Gasteiger partial charge in [0.15, 0.2) is 11.5 Å². The van der Waals surface area contributed by atoms with Crippen LogP contribution in [0.2, 0.25) is 0 Å². The normalized spacial score (nSPS) is 15.7. The van der Waals surface area contributed by atoms with Crippen LogP contribution in [0.1, 0.15) is 23.6 Å². The zero-order valence-electron chi connectivity index (χ0n) is 25.5. The molecular formula is C44H31NO. The van der Waals surface area contributed by atoms with Crippen LogP contribution in [0.5, 0.6) is 11.5 Å². The molecule has 0 spiro atoms. The minimum Gasteiger partial charge on any atom is -0.453 e. The van der Waals surface area contributed by atoms with E-state index in [1.807, 2.05) is 0 Å². The van der Waals surface area contributed by atoms with Crippen molar-refractivity contribution < 1.29 is 4.74 Å². The molecule has 46 heavy (non-hydrogen) atoms. The predicted octanol–water partition coefficient (Wildman–Crippen LogP) is 11.9. The summed E-state index contributed by atoms with van der Waals surface area (Å²) in [5.41, 5.74) is 14.0. The number of nitrogens with zero attached hydrogens (tertiary/aromatic N) is 1. The molecule has 1 heterocycles. The van der Waals surface area contributed by atoms with E-state index in [0.717, 1.165) is 50.8 Å². The lowest BCUT2D eigenvalue weighted by Crippen LogP contribution is -2.22. The molecule has 9 rings (SSSR count). The predicted molar refractivity (Wildman–Crippen MR) is 190 cm³/mol. The van der Waals surface area contributed by atoms with Crippen LogP contribution in [0.25, 0.3) is 33.4 Å². The second-order valence-electron chi connectivity index (χ2n) is 12.3. The summed E-state index contributed by atoms with van der Waals surface area (Å²) in [6, 6.07) is 60.8. The number of fused-ring (bicyclic) bond motifs is 5. The maximum Gasteiger partial charge on any atom is 0.152 e. The van der Waals surface area contributed by atoms with Crippen molar-refractivity contribution in [2.45, 2.75) is 12.3 Å². The third-order valence-corrected chi connectivity index (χ3v) is 9.74. The number of rotatable bonds is 4. The fourth-order valence-corrected chi connectivity index (χ4v) is 7.48. The average Bonchev–Trinajstić information content (AvgIpc) is 3.40. The molecule has 1 aliphatic carbocycles. The summed E-state index contributed by atoms with van der Waals surface area (Å²) in [5, 5.41) is 0. The van der Waals surface area contributed by atoms with E-state index < -0.39 is 0 Å². The summed E-state index contributed by atoms with van der Waals surface area (Å²) >= 11 is 0. The van der Waals surface area contributed by atoms with E-state index in [1.165, 1.54) is 27.8 Å². The Morgan fingerprint density at radius 1 is 0.435 bits per heavy atom. The van der Waals surface area contributed by atoms with Crippen molar-refractivity contribution in [2.24, 2.45) is 0 Å². The molecule has 7 aromatic carbocycles. The van der Waals surface area contributed by atoms with E-state index in [1.54, 1.807) is 0 Å². The highest BCUT2D eigenvalue weighted by Crippen LogP contribution is 2.59. The fraction of sp³-hybridized carbons (Fsp3) is 0.0455. The Morgan fingerprint density at radius 3 is 1.57 bits per heavy atom. The van der Waals surface area contributed by atoms with Crippen molar-refractivity contribution in [1.29, 1.82) is 0 Å². The highest BCUT2D eigenvalue weighted by molar-refractivity contribution is 5.99. The van der Waals surface area contributed by atoms with E-state index in [9.17, 15) is 0 Å². The Bertz CT molecular complexity index is 2150. The van der Waals surface area contributed by atoms with Gasteiger partial charge in [-0.25, -0.2) is 0 Å². The van der Waals surface area contributed by atoms with Crippen molar-refractivity contribution in [3.8, 4) is 44.9 Å². The van der Waals surface area contributed by atoms with Crippen molar-refractivity contribution >= 4 is 17.1 Å². The van der Waals surface area contributed by atoms with Gasteiger partial charge in [-0.15, -0.1) is 0 Å². The first kappa shape index (κ1) is 26.5. The van der Waals surface area contributed by atoms with Gasteiger partial charge in [0, 0.05) is 11.0 Å². The van der Waals surface area contributed by atoms with Crippen LogP contribution in [0.3, 0.4) is 0 Å². The summed E-state index contributed by atoms with van der Waals surface area (Å²) in [6.45, 7) is 2.37. The van der Waals surface area contributed by atoms with Gasteiger partial charge in [-0.1, -0.05) is 140 Å². The molecule has 2 aliphatic rings. The largest absolute Gasteiger partial charge is 0.453 e. The van der Waals surface area contributed by atoms with Crippen molar-refractivity contribution in [3.63, 3.8) is 0 Å². The Hall–Kier alpha value is -5.86.